The van der Waals surface area contributed by atoms with Crippen LogP contribution in [-0.4, -0.2) is 14.2 Å². The normalized spacial score (nSPS) is 7.25. The summed E-state index contributed by atoms with van der Waals surface area (Å²) < 4.78 is 3.78. The number of halogens is 1. The molecule has 0 aliphatic carbocycles. The van der Waals surface area contributed by atoms with E-state index in [1.54, 1.807) is 0 Å². The van der Waals surface area contributed by atoms with Crippen molar-refractivity contribution in [2.24, 2.45) is 0 Å². The summed E-state index contributed by atoms with van der Waals surface area (Å²) in [7, 11) is 0. The molecule has 1 N–H and O–H groups in total. The molecule has 0 aliphatic heterocycles. The van der Waals surface area contributed by atoms with Crippen molar-refractivity contribution in [3.63, 3.8) is 0 Å². The summed E-state index contributed by atoms with van der Waals surface area (Å²) in [5.74, 6) is 0. The quantitative estimate of drug-likeness (QED) is 0.446. The molecular formula is C2H5IO. The van der Waals surface area contributed by atoms with E-state index >= 15 is 0 Å². The molecule has 1 nitrogen and oxygen atoms in total. The Morgan fingerprint density at radius 1 is 2.00 bits per heavy atom. The molecule has 0 bridgehead atoms. The predicted molar refractivity (Wildman–Crippen MR) is 28.2 cm³/mol. The summed E-state index contributed by atoms with van der Waals surface area (Å²) in [5, 5.41) is 7.86. The summed E-state index contributed by atoms with van der Waals surface area (Å²) in [6.45, 7) is 0. The molecule has 0 saturated heterocycles. The van der Waals surface area contributed by atoms with Gasteiger partial charge >= 0.3 is 0 Å². The van der Waals surface area contributed by atoms with Crippen LogP contribution in [0.4, 0.5) is 0 Å². The van der Waals surface area contributed by atoms with Crippen molar-refractivity contribution in [3.8, 4) is 0 Å². The molecule has 0 saturated carbocycles. The molecule has 0 amide bonds. The van der Waals surface area contributed by atoms with Crippen molar-refractivity contribution in [2.45, 2.75) is 0 Å². The molecule has 0 atom stereocenters. The minimum Gasteiger partial charge on any atom is -0.386 e. The van der Waals surface area contributed by atoms with Crippen LogP contribution in [0.1, 0.15) is 0 Å². The third-order valence-electron chi connectivity index (χ3n) is 0.0845. The van der Waals surface area contributed by atoms with E-state index in [1.165, 1.54) is 0 Å². The zero-order valence-electron chi connectivity index (χ0n) is 2.24. The summed E-state index contributed by atoms with van der Waals surface area (Å²) in [6.07, 6.45) is 0. The number of hydrogen-bond acceptors (Lipinski definition) is 1. The van der Waals surface area contributed by atoms with Crippen LogP contribution < -0.4 is 0 Å². The maximum atomic E-state index is 7.86. The topological polar surface area (TPSA) is 20.2 Å². The van der Waals surface area contributed by atoms with Crippen LogP contribution in [0.3, 0.4) is 0 Å². The Hall–Kier alpha value is 0.560. The molecule has 4 heavy (non-hydrogen) atoms. The summed E-state index contributed by atoms with van der Waals surface area (Å²) in [6, 6.07) is 0. The second-order valence-electron chi connectivity index (χ2n) is 0.309. The lowest BCUT2D eigenvalue weighted by Gasteiger charge is -1.59. The highest BCUT2D eigenvalue weighted by Gasteiger charge is 1.45. The van der Waals surface area contributed by atoms with Gasteiger partial charge in [-0.3, -0.25) is 0 Å². The average molecular weight is 172 g/mol. The largest absolute Gasteiger partial charge is 0.386 e. The molecule has 0 aliphatic rings. The fourth-order valence-electron chi connectivity index (χ4n) is 0. The Labute approximate surface area is 35.4 Å². The number of alkyl halides is 1. The van der Waals surface area contributed by atoms with Crippen molar-refractivity contribution in [1.29, 1.82) is 0 Å². The first-order valence-electron chi connectivity index (χ1n) is 0.851. The summed E-state index contributed by atoms with van der Waals surface area (Å²) in [4.78, 5) is 0. The fraction of sp³-hybridized carbons (Fsp3) is 0.500. The van der Waals surface area contributed by atoms with Crippen LogP contribution >= 0.6 is 20.7 Å². The van der Waals surface area contributed by atoms with Crippen molar-refractivity contribution < 1.29 is 5.11 Å². The first kappa shape index (κ1) is 4.56. The molecule has 0 radical (unpaired) electrons. The number of aliphatic hydroxyl groups is 1. The molecule has 0 heterocycles. The number of hydrogen-bond donors (Lipinski definition) is 1. The fourth-order valence-corrected chi connectivity index (χ4v) is 0. The summed E-state index contributed by atoms with van der Waals surface area (Å²) in [5.41, 5.74) is 0. The van der Waals surface area contributed by atoms with Gasteiger partial charge in [0.05, 0.1) is 4.61 Å². The van der Waals surface area contributed by atoms with E-state index < -0.39 is 0 Å². The van der Waals surface area contributed by atoms with Crippen LogP contribution in [0.15, 0.2) is 0 Å². The van der Waals surface area contributed by atoms with E-state index in [0.717, 1.165) is 0 Å². The highest BCUT2D eigenvalue weighted by Crippen LogP contribution is 1.79. The summed E-state index contributed by atoms with van der Waals surface area (Å²) >= 11 is -0.0839. The van der Waals surface area contributed by atoms with Crippen molar-refractivity contribution >= 4 is 25.2 Å². The lowest BCUT2D eigenvalue weighted by Crippen LogP contribution is -1.52. The first-order valence-corrected chi connectivity index (χ1v) is 3.90. The molecule has 0 rings (SSSR count). The van der Waals surface area contributed by atoms with E-state index in [0.29, 0.717) is 4.61 Å². The average Bonchev–Trinajstić information content (AvgIpc) is 1.37. The highest BCUT2D eigenvalue weighted by molar-refractivity contribution is 14.2. The van der Waals surface area contributed by atoms with Crippen molar-refractivity contribution in [3.05, 3.63) is 0 Å². The van der Waals surface area contributed by atoms with Gasteiger partial charge in [0.15, 0.2) is 0 Å². The molecular weight excluding hydrogens is 167 g/mol. The van der Waals surface area contributed by atoms with Crippen molar-refractivity contribution in [2.75, 3.05) is 4.61 Å². The molecule has 0 aromatic heterocycles. The highest BCUT2D eigenvalue weighted by atomic mass is 127. The van der Waals surface area contributed by atoms with E-state index in [4.69, 9.17) is 5.11 Å². The van der Waals surface area contributed by atoms with Gasteiger partial charge in [-0.15, -0.1) is 20.7 Å². The smallest absolute Gasteiger partial charge is 0.0891 e. The molecule has 0 unspecified atom stereocenters. The van der Waals surface area contributed by atoms with Gasteiger partial charge in [0.1, 0.15) is 0 Å². The van der Waals surface area contributed by atoms with E-state index in [9.17, 15) is 0 Å². The standard InChI is InChI=1S/C2H5IO/c1-3-2-4/h4H,1-2H2. The van der Waals surface area contributed by atoms with E-state index in [1.807, 2.05) is 0 Å². The Morgan fingerprint density at radius 3 is 2.25 bits per heavy atom. The van der Waals surface area contributed by atoms with Gasteiger partial charge in [0.25, 0.3) is 0 Å². The zero-order chi connectivity index (χ0) is 3.41. The minimum absolute atomic E-state index is 0.0839. The monoisotopic (exact) mass is 172 g/mol. The maximum Gasteiger partial charge on any atom is 0.0891 e. The minimum atomic E-state index is -0.0839. The Balaban J connectivity index is 2.30. The van der Waals surface area contributed by atoms with Gasteiger partial charge in [-0.1, -0.05) is 4.51 Å². The van der Waals surface area contributed by atoms with Gasteiger partial charge in [-0.25, -0.2) is 0 Å². The Morgan fingerprint density at radius 2 is 2.25 bits per heavy atom. The second kappa shape index (κ2) is 3.56. The molecule has 0 fully saturated rings. The first-order chi connectivity index (χ1) is 1.91. The molecule has 26 valence electrons. The molecule has 0 aromatic rings. The van der Waals surface area contributed by atoms with Crippen LogP contribution in [0, 0.1) is 0 Å². The van der Waals surface area contributed by atoms with Gasteiger partial charge in [0, 0.05) is 0 Å². The third-order valence-corrected chi connectivity index (χ3v) is 0.567. The lowest BCUT2D eigenvalue weighted by atomic mass is 11.8. The van der Waals surface area contributed by atoms with E-state index in [2.05, 4.69) is 4.51 Å². The van der Waals surface area contributed by atoms with Crippen LogP contribution in [0.25, 0.3) is 0 Å². The maximum absolute atomic E-state index is 7.86. The zero-order valence-corrected chi connectivity index (χ0v) is 4.40. The SMILES string of the molecule is C=ICO. The molecule has 2 heteroatoms. The van der Waals surface area contributed by atoms with Gasteiger partial charge in [-0.05, 0) is 0 Å². The van der Waals surface area contributed by atoms with Crippen LogP contribution in [0.5, 0.6) is 0 Å². The number of aliphatic hydroxyl groups excluding tert-OH is 1. The Bertz CT molecular complexity index is 20.0. The predicted octanol–water partition coefficient (Wildman–Crippen LogP) is 0.339. The van der Waals surface area contributed by atoms with Gasteiger partial charge < -0.3 is 5.11 Å². The Kier molecular flexibility index (Phi) is 4.06. The molecule has 0 spiro atoms. The lowest BCUT2D eigenvalue weighted by molar-refractivity contribution is 0.387. The number of rotatable bonds is 1. The van der Waals surface area contributed by atoms with E-state index in [-0.39, 0.29) is 20.7 Å². The molecule has 0 aromatic carbocycles. The second-order valence-corrected chi connectivity index (χ2v) is 2.07. The van der Waals surface area contributed by atoms with Gasteiger partial charge in [0.2, 0.25) is 0 Å². The van der Waals surface area contributed by atoms with Gasteiger partial charge in [-0.2, -0.15) is 0 Å². The van der Waals surface area contributed by atoms with Crippen LogP contribution in [0.2, 0.25) is 0 Å². The van der Waals surface area contributed by atoms with Crippen LogP contribution in [-0.2, 0) is 0 Å². The third kappa shape index (κ3) is 2.56. The van der Waals surface area contributed by atoms with Crippen molar-refractivity contribution in [1.82, 2.24) is 0 Å².